The Bertz CT molecular complexity index is 441. The molecule has 0 aliphatic carbocycles. The Morgan fingerprint density at radius 1 is 1.04 bits per heavy atom. The summed E-state index contributed by atoms with van der Waals surface area (Å²) in [7, 11) is 0. The van der Waals surface area contributed by atoms with E-state index in [0.717, 1.165) is 24.8 Å². The highest BCUT2D eigenvalue weighted by molar-refractivity contribution is 5.07. The predicted molar refractivity (Wildman–Crippen MR) is 99.7 cm³/mol. The molecule has 24 heavy (non-hydrogen) atoms. The van der Waals surface area contributed by atoms with Gasteiger partial charge in [-0.15, -0.1) is 6.58 Å². The van der Waals surface area contributed by atoms with E-state index in [4.69, 9.17) is 0 Å². The normalized spacial score (nSPS) is 18.9. The highest BCUT2D eigenvalue weighted by Crippen LogP contribution is 2.19. The van der Waals surface area contributed by atoms with Gasteiger partial charge in [-0.25, -0.2) is 0 Å². The molecule has 4 nitrogen and oxygen atoms in total. The van der Waals surface area contributed by atoms with E-state index in [1.165, 1.54) is 11.6 Å². The van der Waals surface area contributed by atoms with Crippen LogP contribution < -0.4 is 0 Å². The number of allylic oxidation sites excluding steroid dienone is 3. The van der Waals surface area contributed by atoms with Crippen LogP contribution in [0.4, 0.5) is 0 Å². The maximum Gasteiger partial charge on any atom is 0.0849 e. The molecule has 0 aliphatic heterocycles. The van der Waals surface area contributed by atoms with Crippen molar-refractivity contribution in [1.82, 2.24) is 0 Å². The molecule has 0 unspecified atom stereocenters. The lowest BCUT2D eigenvalue weighted by Crippen LogP contribution is -2.35. The minimum absolute atomic E-state index is 0.234. The summed E-state index contributed by atoms with van der Waals surface area (Å²) in [6.07, 6.45) is 7.13. The van der Waals surface area contributed by atoms with E-state index in [-0.39, 0.29) is 6.42 Å². The van der Waals surface area contributed by atoms with Crippen LogP contribution >= 0.6 is 0 Å². The third-order valence-corrected chi connectivity index (χ3v) is 4.20. The highest BCUT2D eigenvalue weighted by atomic mass is 16.3. The van der Waals surface area contributed by atoms with Crippen molar-refractivity contribution < 1.29 is 20.4 Å². The Hall–Kier alpha value is -0.940. The van der Waals surface area contributed by atoms with Gasteiger partial charge in [-0.1, -0.05) is 29.4 Å². The summed E-state index contributed by atoms with van der Waals surface area (Å²) >= 11 is 0. The van der Waals surface area contributed by atoms with E-state index in [2.05, 4.69) is 12.7 Å². The van der Waals surface area contributed by atoms with Gasteiger partial charge in [0.05, 0.1) is 23.4 Å². The van der Waals surface area contributed by atoms with Crippen LogP contribution in [0, 0.1) is 0 Å². The number of aliphatic hydroxyl groups is 4. The van der Waals surface area contributed by atoms with E-state index < -0.39 is 23.4 Å². The van der Waals surface area contributed by atoms with Crippen molar-refractivity contribution in [2.75, 3.05) is 0 Å². The van der Waals surface area contributed by atoms with Crippen LogP contribution in [0.5, 0.6) is 0 Å². The molecule has 0 radical (unpaired) electrons. The molecule has 3 atom stereocenters. The number of aliphatic hydroxyl groups excluding tert-OH is 2. The zero-order valence-electron chi connectivity index (χ0n) is 15.9. The molecule has 0 aromatic carbocycles. The summed E-state index contributed by atoms with van der Waals surface area (Å²) in [6.45, 7) is 12.4. The third kappa shape index (κ3) is 10.8. The molecule has 0 saturated heterocycles. The van der Waals surface area contributed by atoms with Crippen LogP contribution in [0.3, 0.4) is 0 Å². The second kappa shape index (κ2) is 10.1. The highest BCUT2D eigenvalue weighted by Gasteiger charge is 2.23. The van der Waals surface area contributed by atoms with Gasteiger partial charge in [0.25, 0.3) is 0 Å². The second-order valence-corrected chi connectivity index (χ2v) is 7.64. The summed E-state index contributed by atoms with van der Waals surface area (Å²) in [4.78, 5) is 0. The zero-order chi connectivity index (χ0) is 19.0. The van der Waals surface area contributed by atoms with Crippen molar-refractivity contribution in [3.05, 3.63) is 36.0 Å². The van der Waals surface area contributed by atoms with Crippen molar-refractivity contribution in [1.29, 1.82) is 0 Å². The lowest BCUT2D eigenvalue weighted by molar-refractivity contribution is -0.0509. The molecule has 4 heteroatoms. The topological polar surface area (TPSA) is 80.9 Å². The van der Waals surface area contributed by atoms with Crippen LogP contribution in [0.1, 0.15) is 66.7 Å². The second-order valence-electron chi connectivity index (χ2n) is 7.64. The van der Waals surface area contributed by atoms with Gasteiger partial charge >= 0.3 is 0 Å². The first-order valence-electron chi connectivity index (χ1n) is 8.65. The Balaban J connectivity index is 4.28. The van der Waals surface area contributed by atoms with E-state index in [9.17, 15) is 20.4 Å². The monoisotopic (exact) mass is 340 g/mol. The summed E-state index contributed by atoms with van der Waals surface area (Å²) in [5.41, 5.74) is 0.125. The molecular formula is C20H36O4. The van der Waals surface area contributed by atoms with Gasteiger partial charge in [-0.05, 0) is 60.3 Å². The minimum atomic E-state index is -1.07. The van der Waals surface area contributed by atoms with Crippen LogP contribution in [-0.2, 0) is 0 Å². The maximum atomic E-state index is 9.97. The van der Waals surface area contributed by atoms with Crippen LogP contribution in [-0.4, -0.2) is 43.8 Å². The quantitative estimate of drug-likeness (QED) is 0.435. The van der Waals surface area contributed by atoms with Crippen molar-refractivity contribution in [2.24, 2.45) is 0 Å². The summed E-state index contributed by atoms with van der Waals surface area (Å²) in [5, 5.41) is 39.4. The van der Waals surface area contributed by atoms with Gasteiger partial charge in [-0.3, -0.25) is 0 Å². The van der Waals surface area contributed by atoms with E-state index >= 15 is 0 Å². The molecule has 0 rings (SSSR count). The summed E-state index contributed by atoms with van der Waals surface area (Å²) < 4.78 is 0. The van der Waals surface area contributed by atoms with E-state index in [0.29, 0.717) is 6.42 Å². The standard InChI is InChI=1S/C20H36O4/c1-7-20(6,24)14-17(21)13-16(3)10-8-9-15(2)11-12-18(22)19(4,5)23/h7,9,13,17-18,21-24H,1,8,10-12,14H2,2-6H3/b15-9+,16-13+/t17-,18+,20+/m0/s1. The molecule has 0 heterocycles. The Kier molecular flexibility index (Phi) is 9.74. The molecule has 140 valence electrons. The Morgan fingerprint density at radius 3 is 2.12 bits per heavy atom. The molecule has 0 bridgehead atoms. The molecule has 0 amide bonds. The first-order valence-corrected chi connectivity index (χ1v) is 8.65. The fourth-order valence-electron chi connectivity index (χ4n) is 2.34. The van der Waals surface area contributed by atoms with Gasteiger partial charge < -0.3 is 20.4 Å². The van der Waals surface area contributed by atoms with Crippen molar-refractivity contribution in [3.8, 4) is 0 Å². The van der Waals surface area contributed by atoms with E-state index in [1.807, 2.05) is 13.8 Å². The summed E-state index contributed by atoms with van der Waals surface area (Å²) in [5.74, 6) is 0. The predicted octanol–water partition coefficient (Wildman–Crippen LogP) is 3.26. The largest absolute Gasteiger partial charge is 0.390 e. The fraction of sp³-hybridized carbons (Fsp3) is 0.700. The molecule has 0 spiro atoms. The minimum Gasteiger partial charge on any atom is -0.390 e. The maximum absolute atomic E-state index is 9.97. The lowest BCUT2D eigenvalue weighted by atomic mass is 9.95. The van der Waals surface area contributed by atoms with Crippen LogP contribution in [0.2, 0.25) is 0 Å². The average Bonchev–Trinajstić information content (AvgIpc) is 2.42. The first kappa shape index (κ1) is 23.1. The zero-order valence-corrected chi connectivity index (χ0v) is 15.9. The Labute approximate surface area is 147 Å². The van der Waals surface area contributed by atoms with Gasteiger partial charge in [0, 0.05) is 6.42 Å². The van der Waals surface area contributed by atoms with Crippen molar-refractivity contribution in [2.45, 2.75) is 90.1 Å². The first-order chi connectivity index (χ1) is 10.9. The van der Waals surface area contributed by atoms with Gasteiger partial charge in [-0.2, -0.15) is 0 Å². The van der Waals surface area contributed by atoms with Gasteiger partial charge in [0.15, 0.2) is 0 Å². The molecule has 0 saturated carbocycles. The van der Waals surface area contributed by atoms with Crippen molar-refractivity contribution >= 4 is 0 Å². The SMILES string of the molecule is C=C[C@@](C)(O)C[C@@H](O)/C=C(\C)CC/C=C(\C)CC[C@@H](O)C(C)(C)O. The number of hydrogen-bond donors (Lipinski definition) is 4. The molecule has 0 aromatic heterocycles. The van der Waals surface area contributed by atoms with Crippen LogP contribution in [0.15, 0.2) is 36.0 Å². The average molecular weight is 341 g/mol. The summed E-state index contributed by atoms with van der Waals surface area (Å²) in [6, 6.07) is 0. The number of rotatable bonds is 11. The van der Waals surface area contributed by atoms with Gasteiger partial charge in [0.2, 0.25) is 0 Å². The van der Waals surface area contributed by atoms with Crippen molar-refractivity contribution in [3.63, 3.8) is 0 Å². The lowest BCUT2D eigenvalue weighted by Gasteiger charge is -2.24. The van der Waals surface area contributed by atoms with E-state index in [1.54, 1.807) is 26.8 Å². The number of hydrogen-bond acceptors (Lipinski definition) is 4. The molecule has 0 fully saturated rings. The molecule has 0 aliphatic rings. The third-order valence-electron chi connectivity index (χ3n) is 4.20. The molecular weight excluding hydrogens is 304 g/mol. The molecule has 0 aromatic rings. The Morgan fingerprint density at radius 2 is 1.62 bits per heavy atom. The van der Waals surface area contributed by atoms with Gasteiger partial charge in [0.1, 0.15) is 0 Å². The fourth-order valence-corrected chi connectivity index (χ4v) is 2.34. The smallest absolute Gasteiger partial charge is 0.0849 e. The molecule has 4 N–H and O–H groups in total. The van der Waals surface area contributed by atoms with Crippen LogP contribution in [0.25, 0.3) is 0 Å².